The predicted octanol–water partition coefficient (Wildman–Crippen LogP) is 2.10. The van der Waals surface area contributed by atoms with Gasteiger partial charge in [-0.3, -0.25) is 34.2 Å². The largest absolute Gasteiger partial charge is 0.456 e. The second-order valence-electron chi connectivity index (χ2n) is 7.65. The molecule has 2 saturated carbocycles. The number of alkyl halides is 2. The van der Waals surface area contributed by atoms with Crippen LogP contribution < -0.4 is 0 Å². The van der Waals surface area contributed by atoms with Crippen molar-refractivity contribution in [3.63, 3.8) is 0 Å². The van der Waals surface area contributed by atoms with Crippen LogP contribution in [-0.2, 0) is 19.1 Å². The fourth-order valence-electron chi connectivity index (χ4n) is 4.74. The lowest BCUT2D eigenvalue weighted by Gasteiger charge is -2.28. The summed E-state index contributed by atoms with van der Waals surface area (Å²) in [6.07, 6.45) is 0.792. The molecule has 1 heterocycles. The van der Waals surface area contributed by atoms with E-state index in [9.17, 15) is 29.3 Å². The van der Waals surface area contributed by atoms with Gasteiger partial charge >= 0.3 is 5.97 Å². The summed E-state index contributed by atoms with van der Waals surface area (Å²) < 4.78 is 4.94. The summed E-state index contributed by atoms with van der Waals surface area (Å²) in [5.74, 6) is -2.87. The number of amides is 2. The van der Waals surface area contributed by atoms with Crippen molar-refractivity contribution in [2.45, 2.75) is 16.1 Å². The number of imide groups is 1. The summed E-state index contributed by atoms with van der Waals surface area (Å²) in [7, 11) is 0. The van der Waals surface area contributed by atoms with E-state index in [0.717, 1.165) is 11.3 Å². The number of benzene rings is 1. The third-order valence-electron chi connectivity index (χ3n) is 6.13. The lowest BCUT2D eigenvalue weighted by Crippen LogP contribution is -2.38. The number of hydrogen-bond acceptors (Lipinski definition) is 7. The maximum atomic E-state index is 12.8. The molecule has 0 aromatic heterocycles. The molecular formula is C19H16Br2N2O7. The first-order valence-electron chi connectivity index (χ1n) is 9.27. The van der Waals surface area contributed by atoms with Gasteiger partial charge < -0.3 is 4.74 Å². The maximum Gasteiger partial charge on any atom is 0.326 e. The van der Waals surface area contributed by atoms with E-state index in [1.54, 1.807) is 0 Å². The molecule has 2 amide bonds. The molecule has 11 heteroatoms. The monoisotopic (exact) mass is 542 g/mol. The smallest absolute Gasteiger partial charge is 0.326 e. The average Bonchev–Trinajstić information content (AvgIpc) is 3.33. The Bertz CT molecular complexity index is 919. The first kappa shape index (κ1) is 21.1. The van der Waals surface area contributed by atoms with Crippen molar-refractivity contribution in [1.82, 2.24) is 4.90 Å². The molecule has 6 atom stereocenters. The van der Waals surface area contributed by atoms with Crippen LogP contribution in [0.15, 0.2) is 24.3 Å². The van der Waals surface area contributed by atoms with Crippen molar-refractivity contribution in [2.75, 3.05) is 13.2 Å². The van der Waals surface area contributed by atoms with Crippen LogP contribution in [0.1, 0.15) is 16.8 Å². The Kier molecular flexibility index (Phi) is 5.52. The summed E-state index contributed by atoms with van der Waals surface area (Å²) in [6, 6.07) is 4.90. The number of esters is 1. The molecule has 1 saturated heterocycles. The van der Waals surface area contributed by atoms with Crippen molar-refractivity contribution in [1.29, 1.82) is 0 Å². The zero-order valence-electron chi connectivity index (χ0n) is 15.4. The van der Waals surface area contributed by atoms with Gasteiger partial charge in [-0.05, 0) is 30.4 Å². The topological polar surface area (TPSA) is 124 Å². The van der Waals surface area contributed by atoms with Gasteiger partial charge in [-0.25, -0.2) is 0 Å². The fraction of sp³-hybridized carbons (Fsp3) is 0.474. The number of rotatable bonds is 6. The van der Waals surface area contributed by atoms with Gasteiger partial charge in [0.1, 0.15) is 6.54 Å². The molecule has 30 heavy (non-hydrogen) atoms. The van der Waals surface area contributed by atoms with E-state index in [2.05, 4.69) is 31.9 Å². The number of Topliss-reactive ketones (excluding diaryl/α,β-unsaturated/α-hetero) is 1. The predicted molar refractivity (Wildman–Crippen MR) is 109 cm³/mol. The third kappa shape index (κ3) is 3.37. The van der Waals surface area contributed by atoms with E-state index in [1.807, 2.05) is 0 Å². The van der Waals surface area contributed by atoms with Crippen LogP contribution in [0, 0.1) is 33.8 Å². The zero-order chi connectivity index (χ0) is 21.7. The molecule has 0 radical (unpaired) electrons. The second-order valence-corrected chi connectivity index (χ2v) is 9.77. The van der Waals surface area contributed by atoms with Gasteiger partial charge in [-0.1, -0.05) is 31.9 Å². The van der Waals surface area contributed by atoms with E-state index in [4.69, 9.17) is 4.74 Å². The van der Waals surface area contributed by atoms with Crippen molar-refractivity contribution in [3.05, 3.63) is 39.9 Å². The number of nitro benzene ring substituents is 1. The first-order chi connectivity index (χ1) is 14.2. The number of ketones is 1. The van der Waals surface area contributed by atoms with Crippen molar-refractivity contribution >= 4 is 61.1 Å². The third-order valence-corrected chi connectivity index (χ3v) is 9.34. The summed E-state index contributed by atoms with van der Waals surface area (Å²) in [6.45, 7) is -1.12. The minimum Gasteiger partial charge on any atom is -0.456 e. The number of hydrogen-bond donors (Lipinski definition) is 0. The molecule has 1 aromatic carbocycles. The van der Waals surface area contributed by atoms with Crippen LogP contribution in [0.3, 0.4) is 0 Å². The van der Waals surface area contributed by atoms with Gasteiger partial charge in [-0.2, -0.15) is 0 Å². The average molecular weight is 544 g/mol. The minimum absolute atomic E-state index is 0.0468. The quantitative estimate of drug-likeness (QED) is 0.134. The molecule has 3 fully saturated rings. The zero-order valence-corrected chi connectivity index (χ0v) is 18.6. The Morgan fingerprint density at radius 1 is 1.07 bits per heavy atom. The van der Waals surface area contributed by atoms with E-state index in [0.29, 0.717) is 0 Å². The number of non-ortho nitro benzene ring substituents is 1. The molecular weight excluding hydrogens is 528 g/mol. The van der Waals surface area contributed by atoms with Crippen molar-refractivity contribution in [2.24, 2.45) is 23.7 Å². The highest BCUT2D eigenvalue weighted by molar-refractivity contribution is 9.12. The molecule has 9 nitrogen and oxygen atoms in total. The van der Waals surface area contributed by atoms with Gasteiger partial charge in [0.2, 0.25) is 11.8 Å². The number of fused-ring (bicyclic) bond motifs is 5. The number of likely N-dealkylation sites (tertiary alicyclic amines) is 1. The first-order valence-corrected chi connectivity index (χ1v) is 11.1. The molecule has 4 rings (SSSR count). The molecule has 3 aliphatic rings. The lowest BCUT2D eigenvalue weighted by molar-refractivity contribution is -0.384. The highest BCUT2D eigenvalue weighted by Crippen LogP contribution is 2.60. The van der Waals surface area contributed by atoms with Gasteiger partial charge in [0.05, 0.1) is 16.8 Å². The molecule has 2 bridgehead atoms. The Balaban J connectivity index is 1.34. The molecule has 158 valence electrons. The van der Waals surface area contributed by atoms with Gasteiger partial charge in [0, 0.05) is 27.4 Å². The highest BCUT2D eigenvalue weighted by Gasteiger charge is 2.66. The normalized spacial score (nSPS) is 31.7. The van der Waals surface area contributed by atoms with Crippen LogP contribution in [0.25, 0.3) is 0 Å². The Hall–Kier alpha value is -2.14. The molecule has 1 aliphatic heterocycles. The SMILES string of the molecule is O=C(CN1C(=O)[C@H]2[C@@H]3C[C@@H]([C@@H](Br)[C@H]3Br)[C@@H]2C1=O)OCC(=O)c1ccc([N+](=O)[O-])cc1. The number of nitro groups is 1. The summed E-state index contributed by atoms with van der Waals surface area (Å²) in [5.41, 5.74) is -0.00915. The van der Waals surface area contributed by atoms with Gasteiger partial charge in [-0.15, -0.1) is 0 Å². The van der Waals surface area contributed by atoms with Crippen molar-refractivity contribution < 1.29 is 28.8 Å². The van der Waals surface area contributed by atoms with E-state index < -0.39 is 41.7 Å². The van der Waals surface area contributed by atoms with Gasteiger partial charge in [0.25, 0.3) is 5.69 Å². The van der Waals surface area contributed by atoms with E-state index in [-0.39, 0.29) is 44.6 Å². The second kappa shape index (κ2) is 7.84. The van der Waals surface area contributed by atoms with Crippen LogP contribution in [-0.4, -0.2) is 56.2 Å². The van der Waals surface area contributed by atoms with Crippen molar-refractivity contribution in [3.8, 4) is 0 Å². The standard InChI is InChI=1S/C19H16Br2N2O7/c20-16-10-5-11(17(16)21)15-14(10)18(26)22(19(15)27)6-13(25)30-7-12(24)8-1-3-9(4-2-8)23(28)29/h1-4,10-11,14-17H,5-7H2/t10-,11+,14-,15-,16-,17+/m0/s1. The van der Waals surface area contributed by atoms with Gasteiger partial charge in [0.15, 0.2) is 12.4 Å². The maximum absolute atomic E-state index is 12.8. The van der Waals surface area contributed by atoms with Crippen LogP contribution >= 0.6 is 31.9 Å². The Labute approximate surface area is 187 Å². The molecule has 0 unspecified atom stereocenters. The number of nitrogens with zero attached hydrogens (tertiary/aromatic N) is 2. The lowest BCUT2D eigenvalue weighted by atomic mass is 9.81. The Morgan fingerprint density at radius 3 is 2.10 bits per heavy atom. The molecule has 0 N–H and O–H groups in total. The fourth-order valence-corrected chi connectivity index (χ4v) is 6.61. The summed E-state index contributed by atoms with van der Waals surface area (Å²) in [4.78, 5) is 61.0. The molecule has 1 aromatic rings. The van der Waals surface area contributed by atoms with Crippen LogP contribution in [0.4, 0.5) is 5.69 Å². The van der Waals surface area contributed by atoms with E-state index in [1.165, 1.54) is 24.3 Å². The summed E-state index contributed by atoms with van der Waals surface area (Å²) >= 11 is 7.19. The van der Waals surface area contributed by atoms with Crippen LogP contribution in [0.2, 0.25) is 0 Å². The molecule has 2 aliphatic carbocycles. The Morgan fingerprint density at radius 2 is 1.60 bits per heavy atom. The van der Waals surface area contributed by atoms with E-state index >= 15 is 0 Å². The number of carbonyl (C=O) groups is 4. The number of halogens is 2. The minimum atomic E-state index is -0.856. The number of ether oxygens (including phenoxy) is 1. The van der Waals surface area contributed by atoms with Crippen LogP contribution in [0.5, 0.6) is 0 Å². The highest BCUT2D eigenvalue weighted by atomic mass is 79.9. The number of carbonyl (C=O) groups excluding carboxylic acids is 4. The summed E-state index contributed by atoms with van der Waals surface area (Å²) in [5, 5.41) is 10.7. The molecule has 0 spiro atoms.